The quantitative estimate of drug-likeness (QED) is 0.364. The standard InChI is InChI=1S/C14H21N5O/c1-11(2)18(8-6-13(15)17-20)9-12-10-19-7-4-3-5-14(19)16-12/h3-5,7,10-11,20H,6,8-9H2,1-2H3,(H2,15,17). The van der Waals surface area contributed by atoms with Gasteiger partial charge in [0.05, 0.1) is 5.69 Å². The lowest BCUT2D eigenvalue weighted by atomic mass is 10.2. The maximum Gasteiger partial charge on any atom is 0.140 e. The molecule has 0 saturated carbocycles. The average molecular weight is 275 g/mol. The molecule has 0 aliphatic rings. The molecule has 0 fully saturated rings. The summed E-state index contributed by atoms with van der Waals surface area (Å²) in [7, 11) is 0. The fourth-order valence-corrected chi connectivity index (χ4v) is 2.10. The molecule has 2 aromatic rings. The summed E-state index contributed by atoms with van der Waals surface area (Å²) in [5, 5.41) is 11.6. The summed E-state index contributed by atoms with van der Waals surface area (Å²) in [6.07, 6.45) is 4.57. The summed E-state index contributed by atoms with van der Waals surface area (Å²) >= 11 is 0. The van der Waals surface area contributed by atoms with E-state index in [4.69, 9.17) is 10.9 Å². The van der Waals surface area contributed by atoms with Gasteiger partial charge < -0.3 is 15.3 Å². The molecule has 0 saturated heterocycles. The van der Waals surface area contributed by atoms with Gasteiger partial charge in [-0.05, 0) is 26.0 Å². The summed E-state index contributed by atoms with van der Waals surface area (Å²) in [6, 6.07) is 6.31. The highest BCUT2D eigenvalue weighted by molar-refractivity contribution is 5.79. The smallest absolute Gasteiger partial charge is 0.140 e. The van der Waals surface area contributed by atoms with E-state index >= 15 is 0 Å². The summed E-state index contributed by atoms with van der Waals surface area (Å²) in [4.78, 5) is 6.84. The number of fused-ring (bicyclic) bond motifs is 1. The van der Waals surface area contributed by atoms with Crippen LogP contribution in [0.4, 0.5) is 0 Å². The van der Waals surface area contributed by atoms with E-state index in [0.29, 0.717) is 12.5 Å². The van der Waals surface area contributed by atoms with Gasteiger partial charge in [0.1, 0.15) is 11.5 Å². The van der Waals surface area contributed by atoms with Crippen LogP contribution in [0.25, 0.3) is 5.65 Å². The van der Waals surface area contributed by atoms with Gasteiger partial charge >= 0.3 is 0 Å². The van der Waals surface area contributed by atoms with E-state index in [1.807, 2.05) is 35.0 Å². The van der Waals surface area contributed by atoms with Crippen molar-refractivity contribution in [3.8, 4) is 0 Å². The maximum absolute atomic E-state index is 8.60. The van der Waals surface area contributed by atoms with Crippen molar-refractivity contribution in [2.45, 2.75) is 32.9 Å². The van der Waals surface area contributed by atoms with Gasteiger partial charge in [0.2, 0.25) is 0 Å². The molecular weight excluding hydrogens is 254 g/mol. The first-order valence-corrected chi connectivity index (χ1v) is 6.73. The highest BCUT2D eigenvalue weighted by atomic mass is 16.4. The molecule has 6 heteroatoms. The number of nitrogens with zero attached hydrogens (tertiary/aromatic N) is 4. The Morgan fingerprint density at radius 2 is 2.30 bits per heavy atom. The predicted molar refractivity (Wildman–Crippen MR) is 78.8 cm³/mol. The van der Waals surface area contributed by atoms with Gasteiger partial charge in [0.15, 0.2) is 0 Å². The Kier molecular flexibility index (Phi) is 4.57. The minimum Gasteiger partial charge on any atom is -0.409 e. The van der Waals surface area contributed by atoms with E-state index in [-0.39, 0.29) is 5.84 Å². The predicted octanol–water partition coefficient (Wildman–Crippen LogP) is 1.68. The molecule has 0 radical (unpaired) electrons. The molecule has 0 aliphatic carbocycles. The molecule has 0 unspecified atom stereocenters. The van der Waals surface area contributed by atoms with Crippen LogP contribution in [0.5, 0.6) is 0 Å². The zero-order valence-corrected chi connectivity index (χ0v) is 11.9. The van der Waals surface area contributed by atoms with Crippen LogP contribution in [0.1, 0.15) is 26.0 Å². The highest BCUT2D eigenvalue weighted by Gasteiger charge is 2.13. The van der Waals surface area contributed by atoms with Gasteiger partial charge in [-0.2, -0.15) is 0 Å². The van der Waals surface area contributed by atoms with Crippen molar-refractivity contribution in [3.05, 3.63) is 36.3 Å². The van der Waals surface area contributed by atoms with Crippen LogP contribution >= 0.6 is 0 Å². The summed E-state index contributed by atoms with van der Waals surface area (Å²) in [5.74, 6) is 0.255. The molecule has 2 heterocycles. The van der Waals surface area contributed by atoms with Gasteiger partial charge in [0.25, 0.3) is 0 Å². The van der Waals surface area contributed by atoms with Gasteiger partial charge in [-0.3, -0.25) is 4.90 Å². The number of oxime groups is 1. The molecule has 20 heavy (non-hydrogen) atoms. The maximum atomic E-state index is 8.60. The van der Waals surface area contributed by atoms with Crippen LogP contribution in [-0.4, -0.2) is 37.9 Å². The number of aromatic nitrogens is 2. The van der Waals surface area contributed by atoms with Crippen molar-refractivity contribution in [2.24, 2.45) is 10.9 Å². The highest BCUT2D eigenvalue weighted by Crippen LogP contribution is 2.10. The van der Waals surface area contributed by atoms with Gasteiger partial charge in [-0.1, -0.05) is 11.2 Å². The minimum atomic E-state index is 0.255. The molecule has 6 nitrogen and oxygen atoms in total. The Morgan fingerprint density at radius 1 is 1.50 bits per heavy atom. The Balaban J connectivity index is 2.07. The van der Waals surface area contributed by atoms with E-state index in [2.05, 4.69) is 28.9 Å². The van der Waals surface area contributed by atoms with Crippen molar-refractivity contribution < 1.29 is 5.21 Å². The fourth-order valence-electron chi connectivity index (χ4n) is 2.10. The number of imidazole rings is 1. The second-order valence-electron chi connectivity index (χ2n) is 5.10. The first kappa shape index (κ1) is 14.3. The third-order valence-electron chi connectivity index (χ3n) is 3.29. The monoisotopic (exact) mass is 275 g/mol. The number of hydrogen-bond acceptors (Lipinski definition) is 4. The Bertz CT molecular complexity index is 557. The van der Waals surface area contributed by atoms with Crippen LogP contribution in [-0.2, 0) is 6.54 Å². The third kappa shape index (κ3) is 3.48. The van der Waals surface area contributed by atoms with Gasteiger partial charge in [0, 0.05) is 37.9 Å². The normalized spacial score (nSPS) is 12.7. The number of rotatable bonds is 6. The molecular formula is C14H21N5O. The Labute approximate surface area is 118 Å². The molecule has 0 atom stereocenters. The number of amidine groups is 1. The number of hydrogen-bond donors (Lipinski definition) is 2. The largest absolute Gasteiger partial charge is 0.409 e. The lowest BCUT2D eigenvalue weighted by Crippen LogP contribution is -2.33. The van der Waals surface area contributed by atoms with E-state index in [1.165, 1.54) is 0 Å². The molecule has 0 amide bonds. The summed E-state index contributed by atoms with van der Waals surface area (Å²) in [6.45, 7) is 5.74. The topological polar surface area (TPSA) is 79.1 Å². The van der Waals surface area contributed by atoms with Crippen LogP contribution in [0, 0.1) is 0 Å². The first-order valence-electron chi connectivity index (χ1n) is 6.73. The second-order valence-corrected chi connectivity index (χ2v) is 5.10. The Hall–Kier alpha value is -2.08. The molecule has 0 aliphatic heterocycles. The fraction of sp³-hybridized carbons (Fsp3) is 0.429. The van der Waals surface area contributed by atoms with E-state index in [0.717, 1.165) is 24.4 Å². The zero-order valence-electron chi connectivity index (χ0n) is 11.9. The summed E-state index contributed by atoms with van der Waals surface area (Å²) < 4.78 is 2.01. The second kappa shape index (κ2) is 6.38. The van der Waals surface area contributed by atoms with Gasteiger partial charge in [-0.25, -0.2) is 4.98 Å². The first-order chi connectivity index (χ1) is 9.60. The van der Waals surface area contributed by atoms with Crippen LogP contribution in [0.2, 0.25) is 0 Å². The van der Waals surface area contributed by atoms with Crippen molar-refractivity contribution >= 4 is 11.5 Å². The van der Waals surface area contributed by atoms with E-state index < -0.39 is 0 Å². The van der Waals surface area contributed by atoms with Gasteiger partial charge in [-0.15, -0.1) is 0 Å². The lowest BCUT2D eigenvalue weighted by molar-refractivity contribution is 0.215. The van der Waals surface area contributed by atoms with Crippen molar-refractivity contribution in [3.63, 3.8) is 0 Å². The lowest BCUT2D eigenvalue weighted by Gasteiger charge is -2.25. The molecule has 108 valence electrons. The van der Waals surface area contributed by atoms with Crippen LogP contribution in [0.3, 0.4) is 0 Å². The van der Waals surface area contributed by atoms with Crippen LogP contribution < -0.4 is 5.73 Å². The number of nitrogens with two attached hydrogens (primary N) is 1. The van der Waals surface area contributed by atoms with Crippen molar-refractivity contribution in [2.75, 3.05) is 6.54 Å². The third-order valence-corrected chi connectivity index (χ3v) is 3.29. The zero-order chi connectivity index (χ0) is 14.5. The average Bonchev–Trinajstić information content (AvgIpc) is 2.84. The van der Waals surface area contributed by atoms with Crippen molar-refractivity contribution in [1.29, 1.82) is 0 Å². The molecule has 0 spiro atoms. The molecule has 2 rings (SSSR count). The molecule has 2 aromatic heterocycles. The van der Waals surface area contributed by atoms with E-state index in [9.17, 15) is 0 Å². The number of pyridine rings is 1. The summed E-state index contributed by atoms with van der Waals surface area (Å²) in [5.41, 5.74) is 7.49. The molecule has 3 N–H and O–H groups in total. The molecule has 0 aromatic carbocycles. The van der Waals surface area contributed by atoms with E-state index in [1.54, 1.807) is 0 Å². The SMILES string of the molecule is CC(C)N(CCC(N)=NO)Cc1cn2ccccc2n1. The Morgan fingerprint density at radius 3 is 2.95 bits per heavy atom. The van der Waals surface area contributed by atoms with Crippen LogP contribution in [0.15, 0.2) is 35.7 Å². The minimum absolute atomic E-state index is 0.255. The molecule has 0 bridgehead atoms. The van der Waals surface area contributed by atoms with Crippen molar-refractivity contribution in [1.82, 2.24) is 14.3 Å².